The summed E-state index contributed by atoms with van der Waals surface area (Å²) in [6.45, 7) is 4.42. The molecule has 116 valence electrons. The number of hydrogen-bond acceptors (Lipinski definition) is 3. The van der Waals surface area contributed by atoms with E-state index in [9.17, 15) is 4.79 Å². The molecule has 2 N–H and O–H groups in total. The van der Waals surface area contributed by atoms with Crippen molar-refractivity contribution in [2.75, 3.05) is 26.7 Å². The molecule has 20 heavy (non-hydrogen) atoms. The Balaban J connectivity index is 2.02. The average Bonchev–Trinajstić information content (AvgIpc) is 3.31. The molecule has 0 atom stereocenters. The maximum absolute atomic E-state index is 12.5. The fourth-order valence-electron chi connectivity index (χ4n) is 3.55. The third kappa shape index (κ3) is 3.53. The molecule has 0 aromatic carbocycles. The molecule has 0 aromatic heterocycles. The SMILES string of the molecule is CCCN(CC(=O)N(C)C1CC1)C1(CN)CCCCC1. The van der Waals surface area contributed by atoms with Gasteiger partial charge in [-0.3, -0.25) is 9.69 Å². The van der Waals surface area contributed by atoms with Crippen LogP contribution in [-0.4, -0.2) is 54.0 Å². The van der Waals surface area contributed by atoms with E-state index in [4.69, 9.17) is 5.73 Å². The van der Waals surface area contributed by atoms with Crippen LogP contribution >= 0.6 is 0 Å². The first-order valence-corrected chi connectivity index (χ1v) is 8.34. The van der Waals surface area contributed by atoms with E-state index in [1.54, 1.807) is 0 Å². The third-order valence-corrected chi connectivity index (χ3v) is 5.14. The van der Waals surface area contributed by atoms with Gasteiger partial charge in [0.25, 0.3) is 0 Å². The van der Waals surface area contributed by atoms with Crippen LogP contribution in [0.15, 0.2) is 0 Å². The molecule has 1 amide bonds. The van der Waals surface area contributed by atoms with Gasteiger partial charge in [0.15, 0.2) is 0 Å². The van der Waals surface area contributed by atoms with Crippen LogP contribution < -0.4 is 5.73 Å². The molecule has 2 fully saturated rings. The molecular weight excluding hydrogens is 250 g/mol. The summed E-state index contributed by atoms with van der Waals surface area (Å²) in [6, 6.07) is 0.506. The number of carbonyl (C=O) groups is 1. The molecule has 0 saturated heterocycles. The van der Waals surface area contributed by atoms with Gasteiger partial charge in [0.05, 0.1) is 6.54 Å². The second kappa shape index (κ2) is 6.90. The number of nitrogens with zero attached hydrogens (tertiary/aromatic N) is 2. The van der Waals surface area contributed by atoms with Gasteiger partial charge in [-0.25, -0.2) is 0 Å². The van der Waals surface area contributed by atoms with Crippen molar-refractivity contribution in [2.45, 2.75) is 69.9 Å². The second-order valence-electron chi connectivity index (χ2n) is 6.65. The molecule has 0 aliphatic heterocycles. The van der Waals surface area contributed by atoms with Gasteiger partial charge < -0.3 is 10.6 Å². The Morgan fingerprint density at radius 1 is 1.25 bits per heavy atom. The Morgan fingerprint density at radius 2 is 1.90 bits per heavy atom. The fourth-order valence-corrected chi connectivity index (χ4v) is 3.55. The van der Waals surface area contributed by atoms with E-state index in [-0.39, 0.29) is 11.4 Å². The Morgan fingerprint density at radius 3 is 2.40 bits per heavy atom. The summed E-state index contributed by atoms with van der Waals surface area (Å²) in [6.07, 6.45) is 9.58. The standard InChI is InChI=1S/C16H31N3O/c1-3-11-19(12-15(20)18(2)14-7-8-14)16(13-17)9-5-4-6-10-16/h14H,3-13,17H2,1-2H3. The molecule has 0 unspecified atom stereocenters. The Bertz CT molecular complexity index is 322. The van der Waals surface area contributed by atoms with E-state index in [0.717, 1.165) is 25.8 Å². The molecule has 0 heterocycles. The van der Waals surface area contributed by atoms with E-state index in [1.807, 2.05) is 11.9 Å². The van der Waals surface area contributed by atoms with Crippen molar-refractivity contribution in [1.29, 1.82) is 0 Å². The number of nitrogens with two attached hydrogens (primary N) is 1. The van der Waals surface area contributed by atoms with Gasteiger partial charge in [-0.1, -0.05) is 26.2 Å². The average molecular weight is 281 g/mol. The zero-order valence-electron chi connectivity index (χ0n) is 13.2. The Labute approximate surface area is 123 Å². The molecule has 0 aromatic rings. The van der Waals surface area contributed by atoms with Gasteiger partial charge >= 0.3 is 0 Å². The number of likely N-dealkylation sites (N-methyl/N-ethyl adjacent to an activating group) is 1. The van der Waals surface area contributed by atoms with E-state index < -0.39 is 0 Å². The fraction of sp³-hybridized carbons (Fsp3) is 0.938. The molecular formula is C16H31N3O. The van der Waals surface area contributed by atoms with E-state index in [0.29, 0.717) is 19.1 Å². The quantitative estimate of drug-likeness (QED) is 0.776. The van der Waals surface area contributed by atoms with Crippen LogP contribution in [0.4, 0.5) is 0 Å². The van der Waals surface area contributed by atoms with Gasteiger partial charge in [0.1, 0.15) is 0 Å². The summed E-state index contributed by atoms with van der Waals surface area (Å²) in [7, 11) is 1.96. The monoisotopic (exact) mass is 281 g/mol. The first kappa shape index (κ1) is 15.8. The van der Waals surface area contributed by atoms with Crippen molar-refractivity contribution in [3.05, 3.63) is 0 Å². The molecule has 2 saturated carbocycles. The summed E-state index contributed by atoms with van der Waals surface area (Å²) in [5.74, 6) is 0.277. The normalized spacial score (nSPS) is 22.0. The third-order valence-electron chi connectivity index (χ3n) is 5.14. The Hall–Kier alpha value is -0.610. The second-order valence-corrected chi connectivity index (χ2v) is 6.65. The lowest BCUT2D eigenvalue weighted by molar-refractivity contribution is -0.133. The minimum Gasteiger partial charge on any atom is -0.342 e. The van der Waals surface area contributed by atoms with Crippen LogP contribution in [-0.2, 0) is 4.79 Å². The van der Waals surface area contributed by atoms with Gasteiger partial charge in [-0.15, -0.1) is 0 Å². The zero-order valence-corrected chi connectivity index (χ0v) is 13.2. The van der Waals surface area contributed by atoms with Gasteiger partial charge in [0, 0.05) is 25.2 Å². The van der Waals surface area contributed by atoms with Gasteiger partial charge in [-0.2, -0.15) is 0 Å². The summed E-state index contributed by atoms with van der Waals surface area (Å²) < 4.78 is 0. The summed E-state index contributed by atoms with van der Waals surface area (Å²) in [4.78, 5) is 16.8. The highest BCUT2D eigenvalue weighted by molar-refractivity contribution is 5.78. The van der Waals surface area contributed by atoms with Crippen LogP contribution in [0.2, 0.25) is 0 Å². The van der Waals surface area contributed by atoms with Crippen LogP contribution in [0.5, 0.6) is 0 Å². The molecule has 4 nitrogen and oxygen atoms in total. The smallest absolute Gasteiger partial charge is 0.236 e. The van der Waals surface area contributed by atoms with Crippen molar-refractivity contribution in [3.8, 4) is 0 Å². The van der Waals surface area contributed by atoms with Crippen molar-refractivity contribution in [3.63, 3.8) is 0 Å². The largest absolute Gasteiger partial charge is 0.342 e. The maximum Gasteiger partial charge on any atom is 0.236 e. The van der Waals surface area contributed by atoms with Crippen LogP contribution in [0.3, 0.4) is 0 Å². The maximum atomic E-state index is 12.5. The minimum atomic E-state index is 0.0777. The molecule has 0 radical (unpaired) electrons. The highest BCUT2D eigenvalue weighted by Gasteiger charge is 2.38. The molecule has 4 heteroatoms. The minimum absolute atomic E-state index is 0.0777. The van der Waals surface area contributed by atoms with Crippen molar-refractivity contribution in [2.24, 2.45) is 5.73 Å². The lowest BCUT2D eigenvalue weighted by Gasteiger charge is -2.46. The first-order valence-electron chi connectivity index (χ1n) is 8.34. The number of carbonyl (C=O) groups excluding carboxylic acids is 1. The van der Waals surface area contributed by atoms with E-state index >= 15 is 0 Å². The molecule has 0 spiro atoms. The number of rotatable bonds is 7. The predicted molar refractivity (Wildman–Crippen MR) is 82.5 cm³/mol. The van der Waals surface area contributed by atoms with Crippen molar-refractivity contribution in [1.82, 2.24) is 9.80 Å². The summed E-state index contributed by atoms with van der Waals surface area (Å²) in [5, 5.41) is 0. The van der Waals surface area contributed by atoms with Crippen molar-refractivity contribution < 1.29 is 4.79 Å². The van der Waals surface area contributed by atoms with Crippen LogP contribution in [0, 0.1) is 0 Å². The van der Waals surface area contributed by atoms with Gasteiger partial charge in [-0.05, 0) is 38.6 Å². The van der Waals surface area contributed by atoms with Crippen LogP contribution in [0.25, 0.3) is 0 Å². The van der Waals surface area contributed by atoms with Crippen LogP contribution in [0.1, 0.15) is 58.3 Å². The molecule has 2 aliphatic carbocycles. The van der Waals surface area contributed by atoms with E-state index in [1.165, 1.54) is 32.1 Å². The molecule has 2 rings (SSSR count). The van der Waals surface area contributed by atoms with E-state index in [2.05, 4.69) is 11.8 Å². The lowest BCUT2D eigenvalue weighted by atomic mass is 9.80. The summed E-state index contributed by atoms with van der Waals surface area (Å²) in [5.41, 5.74) is 6.20. The first-order chi connectivity index (χ1) is 9.63. The number of hydrogen-bond donors (Lipinski definition) is 1. The highest BCUT2D eigenvalue weighted by atomic mass is 16.2. The molecule has 0 bridgehead atoms. The highest BCUT2D eigenvalue weighted by Crippen LogP contribution is 2.33. The summed E-state index contributed by atoms with van der Waals surface area (Å²) >= 11 is 0. The molecule has 2 aliphatic rings. The van der Waals surface area contributed by atoms with Crippen molar-refractivity contribution >= 4 is 5.91 Å². The Kier molecular flexibility index (Phi) is 5.44. The van der Waals surface area contributed by atoms with Gasteiger partial charge in [0.2, 0.25) is 5.91 Å². The lowest BCUT2D eigenvalue weighted by Crippen LogP contribution is -2.57. The zero-order chi connectivity index (χ0) is 14.6. The predicted octanol–water partition coefficient (Wildman–Crippen LogP) is 1.98. The topological polar surface area (TPSA) is 49.6 Å². The number of amides is 1.